The quantitative estimate of drug-likeness (QED) is 0.0359. The van der Waals surface area contributed by atoms with Gasteiger partial charge in [0, 0.05) is 68.1 Å². The van der Waals surface area contributed by atoms with Gasteiger partial charge in [0.05, 0.1) is 106 Å². The van der Waals surface area contributed by atoms with Crippen molar-refractivity contribution in [1.29, 1.82) is 0 Å². The monoisotopic (exact) mass is 1270 g/mol. The van der Waals surface area contributed by atoms with E-state index in [2.05, 4.69) is 26.3 Å². The van der Waals surface area contributed by atoms with Gasteiger partial charge in [0.1, 0.15) is 12.6 Å². The fraction of sp³-hybridized carbons (Fsp3) is 0.493. The lowest BCUT2D eigenvalue weighted by atomic mass is 10.0. The van der Waals surface area contributed by atoms with Crippen molar-refractivity contribution >= 4 is 76.6 Å². The molecule has 0 radical (unpaired) electrons. The number of nitrogens with zero attached hydrogens (tertiary/aromatic N) is 5. The first-order chi connectivity index (χ1) is 43.8. The summed E-state index contributed by atoms with van der Waals surface area (Å²) in [5, 5.41) is 10.9. The molecule has 25 nitrogen and oxygen atoms in total. The summed E-state index contributed by atoms with van der Waals surface area (Å²) in [5.74, 6) is -1.83. The number of carbonyl (C=O) groups excluding carboxylic acids is 9. The van der Waals surface area contributed by atoms with Gasteiger partial charge in [-0.25, -0.2) is 4.79 Å². The Labute approximate surface area is 536 Å². The van der Waals surface area contributed by atoms with Crippen LogP contribution in [0.4, 0.5) is 21.9 Å². The summed E-state index contributed by atoms with van der Waals surface area (Å²) < 4.78 is 41.8. The van der Waals surface area contributed by atoms with E-state index in [1.54, 1.807) is 84.6 Å². The molecule has 4 N–H and O–H groups in total. The third-order valence-electron chi connectivity index (χ3n) is 16.1. The molecule has 0 aliphatic carbocycles. The molecule has 25 heteroatoms. The topological polar surface area (TPSA) is 292 Å². The Hall–Kier alpha value is -9.10. The maximum atomic E-state index is 14.2. The van der Waals surface area contributed by atoms with Crippen LogP contribution in [0.1, 0.15) is 133 Å². The molecule has 8 rings (SSSR count). The minimum absolute atomic E-state index is 0.00308. The van der Waals surface area contributed by atoms with E-state index >= 15 is 0 Å². The molecule has 5 heterocycles. The Balaban J connectivity index is 0.759. The first-order valence-corrected chi connectivity index (χ1v) is 31.0. The van der Waals surface area contributed by atoms with Crippen molar-refractivity contribution in [2.24, 2.45) is 10.9 Å². The van der Waals surface area contributed by atoms with Crippen LogP contribution < -0.4 is 45.1 Å². The lowest BCUT2D eigenvalue weighted by Crippen LogP contribution is -2.51. The number of ether oxygens (including phenoxy) is 7. The van der Waals surface area contributed by atoms with Crippen LogP contribution in [-0.4, -0.2) is 170 Å². The van der Waals surface area contributed by atoms with Gasteiger partial charge >= 0.3 is 6.09 Å². The maximum absolute atomic E-state index is 14.2. The number of amides is 9. The fourth-order valence-electron chi connectivity index (χ4n) is 10.9. The van der Waals surface area contributed by atoms with Crippen LogP contribution in [-0.2, 0) is 49.6 Å². The summed E-state index contributed by atoms with van der Waals surface area (Å²) in [4.78, 5) is 127. The second kappa shape index (κ2) is 30.8. The first-order valence-electron chi connectivity index (χ1n) is 31.0. The molecule has 92 heavy (non-hydrogen) atoms. The molecule has 0 saturated heterocycles. The normalized spacial score (nSPS) is 17.0. The summed E-state index contributed by atoms with van der Waals surface area (Å²) in [5.41, 5.74) is 3.20. The van der Waals surface area contributed by atoms with Gasteiger partial charge in [-0.2, -0.15) is 0 Å². The molecule has 3 atom stereocenters. The largest absolute Gasteiger partial charge is 0.493 e. The average Bonchev–Trinajstić information content (AvgIpc) is 1.59. The first kappa shape index (κ1) is 68.8. The number of carbonyl (C=O) groups is 9. The number of rotatable bonds is 31. The van der Waals surface area contributed by atoms with Crippen LogP contribution in [0.25, 0.3) is 0 Å². The molecule has 494 valence electrons. The number of methoxy groups -OCH3 is 2. The molecular weight excluding hydrogens is 1190 g/mol. The zero-order valence-electron chi connectivity index (χ0n) is 54.1. The van der Waals surface area contributed by atoms with Gasteiger partial charge in [-0.15, -0.1) is 0 Å². The van der Waals surface area contributed by atoms with Crippen LogP contribution in [0.3, 0.4) is 0 Å². The van der Waals surface area contributed by atoms with Crippen molar-refractivity contribution in [3.05, 3.63) is 101 Å². The van der Waals surface area contributed by atoms with Crippen molar-refractivity contribution in [3.63, 3.8) is 0 Å². The Kier molecular flexibility index (Phi) is 23.0. The number of nitrogens with one attached hydrogen (secondary N) is 4. The number of imide groups is 1. The average molecular weight is 1270 g/mol. The predicted molar refractivity (Wildman–Crippen MR) is 341 cm³/mol. The van der Waals surface area contributed by atoms with Crippen molar-refractivity contribution in [3.8, 4) is 23.0 Å². The van der Waals surface area contributed by atoms with Gasteiger partial charge in [0.2, 0.25) is 23.6 Å². The number of fused-ring (bicyclic) bond motifs is 4. The van der Waals surface area contributed by atoms with E-state index in [4.69, 9.17) is 33.2 Å². The molecule has 0 bridgehead atoms. The Morgan fingerprint density at radius 2 is 1.34 bits per heavy atom. The van der Waals surface area contributed by atoms with Crippen molar-refractivity contribution in [2.75, 3.05) is 77.0 Å². The van der Waals surface area contributed by atoms with Crippen LogP contribution in [0, 0.1) is 5.92 Å². The summed E-state index contributed by atoms with van der Waals surface area (Å²) in [7, 11) is 3.02. The number of aliphatic imine (C=N–C) groups is 1. The Morgan fingerprint density at radius 1 is 0.696 bits per heavy atom. The molecule has 0 fully saturated rings. The second-order valence-corrected chi connectivity index (χ2v) is 24.9. The predicted octanol–water partition coefficient (Wildman–Crippen LogP) is 7.44. The summed E-state index contributed by atoms with van der Waals surface area (Å²) in [6, 6.07) is 11.9. The van der Waals surface area contributed by atoms with Gasteiger partial charge < -0.3 is 64.2 Å². The number of benzene rings is 3. The van der Waals surface area contributed by atoms with Gasteiger partial charge in [-0.1, -0.05) is 37.1 Å². The minimum Gasteiger partial charge on any atom is -0.493 e. The summed E-state index contributed by atoms with van der Waals surface area (Å²) in [6.45, 7) is 15.6. The van der Waals surface area contributed by atoms with Gasteiger partial charge in [-0.05, 0) is 116 Å². The van der Waals surface area contributed by atoms with E-state index < -0.39 is 52.9 Å². The maximum Gasteiger partial charge on any atom is 0.414 e. The van der Waals surface area contributed by atoms with Gasteiger partial charge in [0.25, 0.3) is 23.6 Å². The smallest absolute Gasteiger partial charge is 0.414 e. The molecule has 3 aromatic carbocycles. The summed E-state index contributed by atoms with van der Waals surface area (Å²) >= 11 is 0. The van der Waals surface area contributed by atoms with Gasteiger partial charge in [0.15, 0.2) is 23.0 Å². The Morgan fingerprint density at radius 3 is 2.01 bits per heavy atom. The van der Waals surface area contributed by atoms with Gasteiger partial charge in [-0.3, -0.25) is 53.1 Å². The second-order valence-electron chi connectivity index (χ2n) is 24.9. The molecule has 2 unspecified atom stereocenters. The highest BCUT2D eigenvalue weighted by Gasteiger charge is 2.40. The third-order valence-corrected chi connectivity index (χ3v) is 16.1. The molecule has 0 saturated carbocycles. The van der Waals surface area contributed by atoms with Crippen molar-refractivity contribution in [1.82, 2.24) is 30.7 Å². The highest BCUT2D eigenvalue weighted by Crippen LogP contribution is 2.42. The zero-order valence-corrected chi connectivity index (χ0v) is 54.1. The number of anilines is 2. The standard InChI is InChI=1S/C67H85N9O16/c1-41(2)61(72-57(78)21-27-91-67(7,8)40-92-66(5,6)22-23-68-56(77)20-24-73-59(80)18-19-60(73)81)62(82)70-35-58(79)71-45-16-14-44(15-17-45)39-90-65(85)76-38-47-29-43(4)37-75(47)64(84)49-31-53(87-10)55(33-51(49)76)89-26-13-11-12-25-88-54-32-50-48(30-52(54)86-9)63(83)74-36-42(3)28-46(74)34-69-50/h14-19,30-34,36-37,41,46-47,61H,11-13,20-29,35,38-40H2,1-10H3,(H,68,77)(H,70,82)(H,71,79)(H,72,78)/t46-,47?,61?/m0/s1. The van der Waals surface area contributed by atoms with E-state index in [0.717, 1.165) is 28.9 Å². The van der Waals surface area contributed by atoms with E-state index in [9.17, 15) is 43.2 Å². The molecule has 0 aromatic heterocycles. The molecule has 3 aromatic rings. The van der Waals surface area contributed by atoms with E-state index in [0.29, 0.717) is 96.6 Å². The molecular formula is C67H85N9O16. The number of hydrogen-bond donors (Lipinski definition) is 4. The third kappa shape index (κ3) is 18.1. The summed E-state index contributed by atoms with van der Waals surface area (Å²) in [6.07, 6.45) is 10.9. The Bertz CT molecular complexity index is 3390. The number of hydrogen-bond acceptors (Lipinski definition) is 17. The van der Waals surface area contributed by atoms with Crippen LogP contribution in [0.5, 0.6) is 23.0 Å². The highest BCUT2D eigenvalue weighted by atomic mass is 16.6. The van der Waals surface area contributed by atoms with E-state index in [-0.39, 0.29) is 93.6 Å². The molecule has 5 aliphatic heterocycles. The minimum atomic E-state index is -0.942. The van der Waals surface area contributed by atoms with Crippen LogP contribution >= 0.6 is 0 Å². The fourth-order valence-corrected chi connectivity index (χ4v) is 10.9. The molecule has 0 spiro atoms. The lowest BCUT2D eigenvalue weighted by Gasteiger charge is -2.32. The number of unbranched alkanes of at least 4 members (excludes halogenated alkanes) is 2. The lowest BCUT2D eigenvalue weighted by molar-refractivity contribution is -0.138. The molecule has 9 amide bonds. The zero-order chi connectivity index (χ0) is 66.4. The van der Waals surface area contributed by atoms with Crippen molar-refractivity contribution in [2.45, 2.75) is 143 Å². The van der Waals surface area contributed by atoms with E-state index in [1.807, 2.05) is 47.7 Å². The highest BCUT2D eigenvalue weighted by molar-refractivity contribution is 6.13. The molecule has 5 aliphatic rings. The van der Waals surface area contributed by atoms with Crippen LogP contribution in [0.15, 0.2) is 89.2 Å². The van der Waals surface area contributed by atoms with Crippen LogP contribution in [0.2, 0.25) is 0 Å². The van der Waals surface area contributed by atoms with Crippen molar-refractivity contribution < 1.29 is 76.3 Å². The van der Waals surface area contributed by atoms with E-state index in [1.165, 1.54) is 31.3 Å². The SMILES string of the molecule is COc1cc2c(cc1OCCCCCOc1cc3c(cc1OC)C(=O)N1C=C(C)CC1CN3C(=O)OCc1ccc(NC(=O)CNC(=O)C(NC(=O)CCOC(C)(C)COC(C)(C)CCNC(=O)CCN3C(=O)C=CC3=O)C(C)C)cc1)N=C[C@@H]1CC(C)=CN1C2=O.